The number of hydrogen-bond acceptors (Lipinski definition) is 0. The highest BCUT2D eigenvalue weighted by Crippen LogP contribution is 2.37. The summed E-state index contributed by atoms with van der Waals surface area (Å²) in [5.74, 6) is 0. The first-order chi connectivity index (χ1) is 13.9. The molecule has 4 aromatic carbocycles. The number of fused-ring (bicyclic) bond motifs is 3. The van der Waals surface area contributed by atoms with Gasteiger partial charge in [0, 0.05) is 22.2 Å². The topological polar surface area (TPSA) is 4.93 Å². The van der Waals surface area contributed by atoms with Gasteiger partial charge in [-0.15, -0.1) is 0 Å². The summed E-state index contributed by atoms with van der Waals surface area (Å²) in [6.45, 7) is 2.07. The predicted molar refractivity (Wildman–Crippen MR) is 121 cm³/mol. The molecule has 0 spiro atoms. The van der Waals surface area contributed by atoms with E-state index in [4.69, 9.17) is 0 Å². The van der Waals surface area contributed by atoms with E-state index in [2.05, 4.69) is 121 Å². The molecule has 0 saturated heterocycles. The molecule has 0 fully saturated rings. The molecule has 0 aliphatic rings. The predicted octanol–water partition coefficient (Wildman–Crippen LogP) is 7.48. The molecule has 0 amide bonds. The molecule has 0 N–H and O–H groups in total. The minimum atomic E-state index is 1.18. The maximum atomic E-state index is 2.37. The van der Waals surface area contributed by atoms with Gasteiger partial charge in [0.05, 0.1) is 5.52 Å². The van der Waals surface area contributed by atoms with Crippen LogP contribution in [0.2, 0.25) is 0 Å². The van der Waals surface area contributed by atoms with Gasteiger partial charge in [-0.25, -0.2) is 0 Å². The highest BCUT2D eigenvalue weighted by atomic mass is 15.0. The molecule has 0 aliphatic heterocycles. The number of aromatic nitrogens is 1. The zero-order chi connectivity index (χ0) is 18.9. The van der Waals surface area contributed by atoms with Gasteiger partial charge in [0.15, 0.2) is 0 Å². The van der Waals surface area contributed by atoms with Crippen LogP contribution in [0.5, 0.6) is 0 Å². The van der Waals surface area contributed by atoms with Gasteiger partial charge in [-0.3, -0.25) is 0 Å². The molecule has 28 heavy (non-hydrogen) atoms. The second kappa shape index (κ2) is 6.86. The fraction of sp³-hybridized carbons (Fsp3) is 0.0370. The Hall–Kier alpha value is -3.58. The Morgan fingerprint density at radius 3 is 2.04 bits per heavy atom. The van der Waals surface area contributed by atoms with Gasteiger partial charge in [0.1, 0.15) is 0 Å². The number of rotatable bonds is 3. The number of benzene rings is 4. The number of allylic oxidation sites excluding steroid dienone is 1. The van der Waals surface area contributed by atoms with Crippen molar-refractivity contribution in [2.45, 2.75) is 6.92 Å². The molecule has 1 heteroatoms. The third-order valence-corrected chi connectivity index (χ3v) is 5.27. The highest BCUT2D eigenvalue weighted by molar-refractivity contribution is 6.13. The van der Waals surface area contributed by atoms with Crippen molar-refractivity contribution in [3.05, 3.63) is 109 Å². The maximum Gasteiger partial charge on any atom is 0.0613 e. The molecule has 1 nitrogen and oxygen atoms in total. The quantitative estimate of drug-likeness (QED) is 0.314. The van der Waals surface area contributed by atoms with Crippen molar-refractivity contribution in [3.63, 3.8) is 0 Å². The molecule has 0 saturated carbocycles. The summed E-state index contributed by atoms with van der Waals surface area (Å²) in [5, 5.41) is 3.82. The lowest BCUT2D eigenvalue weighted by atomic mass is 9.96. The van der Waals surface area contributed by atoms with Crippen LogP contribution in [0.1, 0.15) is 12.6 Å². The van der Waals surface area contributed by atoms with E-state index in [1.54, 1.807) is 0 Å². The van der Waals surface area contributed by atoms with E-state index in [-0.39, 0.29) is 0 Å². The smallest absolute Gasteiger partial charge is 0.0613 e. The molecular weight excluding hydrogens is 338 g/mol. The minimum absolute atomic E-state index is 1.18. The van der Waals surface area contributed by atoms with Crippen molar-refractivity contribution < 1.29 is 0 Å². The molecule has 0 aliphatic carbocycles. The number of para-hydroxylation sites is 1. The Balaban J connectivity index is 1.94. The Kier molecular flexibility index (Phi) is 4.06. The van der Waals surface area contributed by atoms with Crippen molar-refractivity contribution in [2.75, 3.05) is 0 Å². The van der Waals surface area contributed by atoms with Crippen LogP contribution in [0, 0.1) is 0 Å². The lowest BCUT2D eigenvalue weighted by Crippen LogP contribution is -1.96. The molecule has 5 rings (SSSR count). The van der Waals surface area contributed by atoms with E-state index in [0.717, 1.165) is 0 Å². The van der Waals surface area contributed by atoms with Crippen molar-refractivity contribution in [3.8, 4) is 16.8 Å². The van der Waals surface area contributed by atoms with Crippen LogP contribution < -0.4 is 0 Å². The molecule has 0 bridgehead atoms. The van der Waals surface area contributed by atoms with Gasteiger partial charge >= 0.3 is 0 Å². The third kappa shape index (κ3) is 2.64. The average molecular weight is 359 g/mol. The van der Waals surface area contributed by atoms with Crippen LogP contribution in [0.4, 0.5) is 0 Å². The normalized spacial score (nSPS) is 11.6. The van der Waals surface area contributed by atoms with E-state index in [0.29, 0.717) is 0 Å². The number of hydrogen-bond donors (Lipinski definition) is 0. The second-order valence-electron chi connectivity index (χ2n) is 7.01. The first-order valence-corrected chi connectivity index (χ1v) is 9.67. The number of nitrogens with zero attached hydrogens (tertiary/aromatic N) is 1. The lowest BCUT2D eigenvalue weighted by molar-refractivity contribution is 1.11. The summed E-state index contributed by atoms with van der Waals surface area (Å²) in [6.07, 6.45) is 4.29. The van der Waals surface area contributed by atoms with Crippen LogP contribution >= 0.6 is 0 Å². The Morgan fingerprint density at radius 1 is 0.679 bits per heavy atom. The van der Waals surface area contributed by atoms with E-state index in [9.17, 15) is 0 Å². The van der Waals surface area contributed by atoms with Gasteiger partial charge in [-0.2, -0.15) is 0 Å². The first-order valence-electron chi connectivity index (χ1n) is 9.67. The van der Waals surface area contributed by atoms with Crippen molar-refractivity contribution in [1.29, 1.82) is 0 Å². The van der Waals surface area contributed by atoms with E-state index in [1.165, 1.54) is 44.2 Å². The Labute approximate surface area is 165 Å². The summed E-state index contributed by atoms with van der Waals surface area (Å²) in [7, 11) is 0. The fourth-order valence-corrected chi connectivity index (χ4v) is 4.10. The lowest BCUT2D eigenvalue weighted by Gasteiger charge is -2.13. The SMILES string of the molecule is C/C=C/c1cc2cc(-c3ccccc3)c3ccccc3c2n1-c1ccccc1. The minimum Gasteiger partial charge on any atom is -0.309 e. The molecule has 0 atom stereocenters. The molecule has 5 aromatic rings. The zero-order valence-electron chi connectivity index (χ0n) is 15.8. The van der Waals surface area contributed by atoms with E-state index < -0.39 is 0 Å². The van der Waals surface area contributed by atoms with Crippen molar-refractivity contribution in [2.24, 2.45) is 0 Å². The summed E-state index contributed by atoms with van der Waals surface area (Å²) in [5.41, 5.74) is 6.17. The van der Waals surface area contributed by atoms with Crippen LogP contribution in [0.3, 0.4) is 0 Å². The summed E-state index contributed by atoms with van der Waals surface area (Å²) < 4.78 is 2.37. The summed E-state index contributed by atoms with van der Waals surface area (Å²) in [4.78, 5) is 0. The summed E-state index contributed by atoms with van der Waals surface area (Å²) >= 11 is 0. The van der Waals surface area contributed by atoms with E-state index >= 15 is 0 Å². The van der Waals surface area contributed by atoms with Gasteiger partial charge in [0.25, 0.3) is 0 Å². The van der Waals surface area contributed by atoms with Gasteiger partial charge in [-0.1, -0.05) is 78.9 Å². The highest BCUT2D eigenvalue weighted by Gasteiger charge is 2.15. The largest absolute Gasteiger partial charge is 0.309 e. The molecule has 0 unspecified atom stereocenters. The molecule has 134 valence electrons. The van der Waals surface area contributed by atoms with Crippen LogP contribution in [0.25, 0.3) is 44.6 Å². The summed E-state index contributed by atoms with van der Waals surface area (Å²) in [6, 6.07) is 34.6. The molecule has 1 heterocycles. The van der Waals surface area contributed by atoms with Gasteiger partial charge in [-0.05, 0) is 53.8 Å². The van der Waals surface area contributed by atoms with E-state index in [1.807, 2.05) is 0 Å². The monoisotopic (exact) mass is 359 g/mol. The Morgan fingerprint density at radius 2 is 1.32 bits per heavy atom. The zero-order valence-corrected chi connectivity index (χ0v) is 15.8. The first kappa shape index (κ1) is 16.6. The van der Waals surface area contributed by atoms with Gasteiger partial charge in [0.2, 0.25) is 0 Å². The van der Waals surface area contributed by atoms with Crippen molar-refractivity contribution >= 4 is 27.8 Å². The Bertz CT molecular complexity index is 1290. The average Bonchev–Trinajstić information content (AvgIpc) is 3.13. The molecule has 1 aromatic heterocycles. The fourth-order valence-electron chi connectivity index (χ4n) is 4.10. The van der Waals surface area contributed by atoms with Gasteiger partial charge < -0.3 is 4.57 Å². The second-order valence-corrected chi connectivity index (χ2v) is 7.01. The van der Waals surface area contributed by atoms with Crippen LogP contribution in [0.15, 0.2) is 103 Å². The van der Waals surface area contributed by atoms with Crippen LogP contribution in [-0.4, -0.2) is 4.57 Å². The molecule has 0 radical (unpaired) electrons. The van der Waals surface area contributed by atoms with Crippen molar-refractivity contribution in [1.82, 2.24) is 4.57 Å². The third-order valence-electron chi connectivity index (χ3n) is 5.27. The maximum absolute atomic E-state index is 2.37. The van der Waals surface area contributed by atoms with Crippen LogP contribution in [-0.2, 0) is 0 Å². The standard InChI is InChI=1S/C27H21N/c1-2-11-23-18-21-19-26(20-12-5-3-6-13-20)24-16-9-10-17-25(24)27(21)28(23)22-14-7-4-8-15-22/h2-19H,1H3/b11-2+. The molecular formula is C27H21N.